The molecule has 0 aliphatic heterocycles. The second-order valence-corrected chi connectivity index (χ2v) is 6.11. The molecule has 20 heavy (non-hydrogen) atoms. The van der Waals surface area contributed by atoms with Crippen LogP contribution in [0.5, 0.6) is 5.75 Å². The van der Waals surface area contributed by atoms with Gasteiger partial charge in [0, 0.05) is 11.1 Å². The van der Waals surface area contributed by atoms with Crippen LogP contribution in [0.25, 0.3) is 11.3 Å². The molecule has 0 unspecified atom stereocenters. The zero-order valence-corrected chi connectivity index (χ0v) is 13.2. The van der Waals surface area contributed by atoms with E-state index in [-0.39, 0.29) is 5.41 Å². The van der Waals surface area contributed by atoms with Gasteiger partial charge in [-0.25, -0.2) is 4.98 Å². The molecule has 2 aromatic rings. The number of nitrogens with zero attached hydrogens (tertiary/aromatic N) is 1. The summed E-state index contributed by atoms with van der Waals surface area (Å²) in [6.07, 6.45) is 0. The van der Waals surface area contributed by atoms with E-state index >= 15 is 0 Å². The largest absolute Gasteiger partial charge is 0.494 e. The number of rotatable bonds is 3. The molecule has 4 heteroatoms. The highest BCUT2D eigenvalue weighted by Crippen LogP contribution is 2.24. The number of hydrogen-bond acceptors (Lipinski definition) is 3. The first-order chi connectivity index (χ1) is 9.40. The maximum atomic E-state index is 5.46. The Hall–Kier alpha value is -1.68. The van der Waals surface area contributed by atoms with Crippen molar-refractivity contribution < 1.29 is 4.74 Å². The average molecular weight is 288 g/mol. The molecule has 0 aliphatic carbocycles. The molecule has 1 heterocycles. The Morgan fingerprint density at radius 3 is 2.40 bits per heavy atom. The fourth-order valence-corrected chi connectivity index (χ4v) is 2.07. The number of H-pyrrole nitrogens is 1. The summed E-state index contributed by atoms with van der Waals surface area (Å²) in [7, 11) is 0. The molecule has 106 valence electrons. The molecule has 0 saturated carbocycles. The Morgan fingerprint density at radius 1 is 1.20 bits per heavy atom. The van der Waals surface area contributed by atoms with E-state index in [0.29, 0.717) is 11.2 Å². The van der Waals surface area contributed by atoms with Crippen LogP contribution in [0.2, 0.25) is 0 Å². The molecule has 0 saturated heterocycles. The molecule has 0 amide bonds. The summed E-state index contributed by atoms with van der Waals surface area (Å²) >= 11 is 5.27. The second-order valence-electron chi connectivity index (χ2n) is 5.69. The fraction of sp³-hybridized carbons (Fsp3) is 0.375. The zero-order chi connectivity index (χ0) is 14.8. The SMILES string of the molecule is CCOc1ccc(-c2cc(=S)nc(C(C)(C)C)[nH]2)cc1. The van der Waals surface area contributed by atoms with E-state index in [9.17, 15) is 0 Å². The highest BCUT2D eigenvalue weighted by molar-refractivity contribution is 7.71. The molecule has 3 nitrogen and oxygen atoms in total. The molecule has 0 atom stereocenters. The van der Waals surface area contributed by atoms with Crippen molar-refractivity contribution >= 4 is 12.2 Å². The van der Waals surface area contributed by atoms with Crippen LogP contribution in [-0.2, 0) is 5.41 Å². The van der Waals surface area contributed by atoms with E-state index in [4.69, 9.17) is 17.0 Å². The van der Waals surface area contributed by atoms with Crippen molar-refractivity contribution in [3.8, 4) is 17.0 Å². The van der Waals surface area contributed by atoms with Crippen LogP contribution in [0.3, 0.4) is 0 Å². The van der Waals surface area contributed by atoms with Gasteiger partial charge in [0.15, 0.2) is 0 Å². The van der Waals surface area contributed by atoms with Crippen molar-refractivity contribution in [2.75, 3.05) is 6.61 Å². The van der Waals surface area contributed by atoms with Crippen LogP contribution < -0.4 is 4.74 Å². The zero-order valence-electron chi connectivity index (χ0n) is 12.4. The summed E-state index contributed by atoms with van der Waals surface area (Å²) in [5.41, 5.74) is 2.00. The number of benzene rings is 1. The summed E-state index contributed by atoms with van der Waals surface area (Å²) in [5, 5.41) is 0. The Bertz CT molecular complexity index is 639. The van der Waals surface area contributed by atoms with E-state index < -0.39 is 0 Å². The minimum absolute atomic E-state index is 0.0607. The Balaban J connectivity index is 2.42. The Morgan fingerprint density at radius 2 is 1.85 bits per heavy atom. The van der Waals surface area contributed by atoms with Crippen LogP contribution in [0, 0.1) is 4.64 Å². The van der Waals surface area contributed by atoms with Gasteiger partial charge in [-0.3, -0.25) is 0 Å². The Labute approximate surface area is 125 Å². The maximum Gasteiger partial charge on any atom is 0.130 e. The number of aromatic amines is 1. The van der Waals surface area contributed by atoms with Gasteiger partial charge in [-0.15, -0.1) is 0 Å². The monoisotopic (exact) mass is 288 g/mol. The second kappa shape index (κ2) is 5.75. The predicted molar refractivity (Wildman–Crippen MR) is 84.7 cm³/mol. The summed E-state index contributed by atoms with van der Waals surface area (Å²) in [6.45, 7) is 8.99. The van der Waals surface area contributed by atoms with E-state index in [0.717, 1.165) is 22.8 Å². The van der Waals surface area contributed by atoms with Gasteiger partial charge in [-0.2, -0.15) is 0 Å². The van der Waals surface area contributed by atoms with Crippen LogP contribution >= 0.6 is 12.2 Å². The van der Waals surface area contributed by atoms with E-state index in [1.54, 1.807) is 0 Å². The molecule has 0 radical (unpaired) electrons. The molecule has 1 aromatic carbocycles. The molecule has 0 spiro atoms. The maximum absolute atomic E-state index is 5.46. The van der Waals surface area contributed by atoms with Gasteiger partial charge in [0.1, 0.15) is 16.2 Å². The lowest BCUT2D eigenvalue weighted by Crippen LogP contribution is -2.16. The topological polar surface area (TPSA) is 37.9 Å². The summed E-state index contributed by atoms with van der Waals surface area (Å²) in [4.78, 5) is 7.79. The van der Waals surface area contributed by atoms with Crippen molar-refractivity contribution in [3.63, 3.8) is 0 Å². The predicted octanol–water partition coefficient (Wildman–Crippen LogP) is 4.50. The van der Waals surface area contributed by atoms with Crippen molar-refractivity contribution in [3.05, 3.63) is 40.8 Å². The number of hydrogen-bond donors (Lipinski definition) is 1. The van der Waals surface area contributed by atoms with Gasteiger partial charge >= 0.3 is 0 Å². The highest BCUT2D eigenvalue weighted by Gasteiger charge is 2.17. The number of ether oxygens (including phenoxy) is 1. The van der Waals surface area contributed by atoms with Crippen LogP contribution in [0.1, 0.15) is 33.5 Å². The van der Waals surface area contributed by atoms with Gasteiger partial charge in [0.25, 0.3) is 0 Å². The molecule has 2 rings (SSSR count). The van der Waals surface area contributed by atoms with E-state index in [2.05, 4.69) is 30.7 Å². The quantitative estimate of drug-likeness (QED) is 0.845. The number of aromatic nitrogens is 2. The van der Waals surface area contributed by atoms with Crippen molar-refractivity contribution in [1.82, 2.24) is 9.97 Å². The minimum Gasteiger partial charge on any atom is -0.494 e. The normalized spacial score (nSPS) is 11.4. The van der Waals surface area contributed by atoms with Crippen molar-refractivity contribution in [2.24, 2.45) is 0 Å². The third-order valence-corrected chi connectivity index (χ3v) is 3.14. The smallest absolute Gasteiger partial charge is 0.130 e. The van der Waals surface area contributed by atoms with Gasteiger partial charge in [0.2, 0.25) is 0 Å². The molecule has 1 N–H and O–H groups in total. The lowest BCUT2D eigenvalue weighted by atomic mass is 9.95. The first-order valence-corrected chi connectivity index (χ1v) is 7.16. The van der Waals surface area contributed by atoms with Gasteiger partial charge < -0.3 is 9.72 Å². The van der Waals surface area contributed by atoms with Crippen molar-refractivity contribution in [1.29, 1.82) is 0 Å². The summed E-state index contributed by atoms with van der Waals surface area (Å²) < 4.78 is 6.06. The van der Waals surface area contributed by atoms with Crippen LogP contribution in [0.15, 0.2) is 30.3 Å². The average Bonchev–Trinajstić information content (AvgIpc) is 2.38. The molecule has 0 bridgehead atoms. The molecule has 0 fully saturated rings. The lowest BCUT2D eigenvalue weighted by molar-refractivity contribution is 0.340. The van der Waals surface area contributed by atoms with Gasteiger partial charge in [0.05, 0.1) is 6.61 Å². The third-order valence-electron chi connectivity index (χ3n) is 2.93. The first-order valence-electron chi connectivity index (χ1n) is 6.75. The lowest BCUT2D eigenvalue weighted by Gasteiger charge is -2.18. The minimum atomic E-state index is -0.0607. The first kappa shape index (κ1) is 14.7. The fourth-order valence-electron chi connectivity index (χ4n) is 1.87. The summed E-state index contributed by atoms with van der Waals surface area (Å²) in [5.74, 6) is 1.77. The standard InChI is InChI=1S/C16H20N2OS/c1-5-19-12-8-6-11(7-9-12)13-10-14(20)18-15(17-13)16(2,3)4/h6-10H,5H2,1-4H3,(H,17,18,20). The molecule has 0 aliphatic rings. The molecular weight excluding hydrogens is 268 g/mol. The van der Waals surface area contributed by atoms with Gasteiger partial charge in [-0.05, 0) is 42.8 Å². The van der Waals surface area contributed by atoms with E-state index in [1.807, 2.05) is 37.3 Å². The third kappa shape index (κ3) is 3.45. The van der Waals surface area contributed by atoms with Gasteiger partial charge in [-0.1, -0.05) is 33.0 Å². The number of nitrogens with one attached hydrogen (secondary N) is 1. The highest BCUT2D eigenvalue weighted by atomic mass is 32.1. The van der Waals surface area contributed by atoms with Crippen LogP contribution in [-0.4, -0.2) is 16.6 Å². The van der Waals surface area contributed by atoms with Crippen LogP contribution in [0.4, 0.5) is 0 Å². The molecular formula is C16H20N2OS. The summed E-state index contributed by atoms with van der Waals surface area (Å²) in [6, 6.07) is 9.87. The Kier molecular flexibility index (Phi) is 4.23. The van der Waals surface area contributed by atoms with E-state index in [1.165, 1.54) is 0 Å². The molecule has 1 aromatic heterocycles. The van der Waals surface area contributed by atoms with Crippen molar-refractivity contribution in [2.45, 2.75) is 33.1 Å².